The summed E-state index contributed by atoms with van der Waals surface area (Å²) in [5.74, 6) is 0.398. The van der Waals surface area contributed by atoms with Gasteiger partial charge in [-0.15, -0.1) is 0 Å². The van der Waals surface area contributed by atoms with E-state index in [1.54, 1.807) is 0 Å². The molecule has 1 heterocycles. The maximum atomic E-state index is 13.1. The van der Waals surface area contributed by atoms with E-state index in [-0.39, 0.29) is 37.0 Å². The molecule has 1 saturated heterocycles. The second kappa shape index (κ2) is 9.85. The number of piperazine rings is 1. The third-order valence-electron chi connectivity index (χ3n) is 5.42. The van der Waals surface area contributed by atoms with Gasteiger partial charge in [0.1, 0.15) is 11.6 Å². The lowest BCUT2D eigenvalue weighted by Crippen LogP contribution is -2.58. The minimum Gasteiger partial charge on any atom is -0.484 e. The molecule has 2 atom stereocenters. The number of rotatable bonds is 7. The van der Waals surface area contributed by atoms with Crippen molar-refractivity contribution in [2.24, 2.45) is 0 Å². The summed E-state index contributed by atoms with van der Waals surface area (Å²) in [6, 6.07) is 14.3. The van der Waals surface area contributed by atoms with Gasteiger partial charge in [-0.3, -0.25) is 9.69 Å². The molecule has 6 heteroatoms. The fourth-order valence-electron chi connectivity index (χ4n) is 3.70. The number of ether oxygens (including phenoxy) is 1. The van der Waals surface area contributed by atoms with E-state index < -0.39 is 0 Å². The molecule has 1 N–H and O–H groups in total. The summed E-state index contributed by atoms with van der Waals surface area (Å²) in [4.78, 5) is 16.9. The average Bonchev–Trinajstić information content (AvgIpc) is 2.71. The van der Waals surface area contributed by atoms with Gasteiger partial charge in [0, 0.05) is 38.3 Å². The quantitative estimate of drug-likeness (QED) is 0.777. The first-order chi connectivity index (χ1) is 14.0. The number of halogens is 1. The Morgan fingerprint density at radius 2 is 1.69 bits per heavy atom. The Morgan fingerprint density at radius 1 is 1.03 bits per heavy atom. The number of hydrogen-bond acceptors (Lipinski definition) is 4. The molecule has 1 aliphatic rings. The first kappa shape index (κ1) is 21.3. The van der Waals surface area contributed by atoms with E-state index >= 15 is 0 Å². The molecule has 29 heavy (non-hydrogen) atoms. The van der Waals surface area contributed by atoms with Gasteiger partial charge in [0.15, 0.2) is 6.61 Å². The van der Waals surface area contributed by atoms with Crippen molar-refractivity contribution in [2.75, 3.05) is 26.3 Å². The van der Waals surface area contributed by atoms with Crippen molar-refractivity contribution in [1.82, 2.24) is 9.80 Å². The number of benzene rings is 2. The standard InChI is InChI=1S/C23H29FN2O3/c1-17-14-26(18(2)13-25(17)15-20-3-7-21(24)8-4-20)23(28)16-29-22-9-5-19(6-10-22)11-12-27/h3-10,17-18,27H,11-16H2,1-2H3. The minimum absolute atomic E-state index is 0.00830. The Hall–Kier alpha value is -2.44. The molecule has 1 fully saturated rings. The molecule has 5 nitrogen and oxygen atoms in total. The Bertz CT molecular complexity index is 795. The van der Waals surface area contributed by atoms with Crippen LogP contribution in [0.2, 0.25) is 0 Å². The van der Waals surface area contributed by atoms with Crippen LogP contribution >= 0.6 is 0 Å². The summed E-state index contributed by atoms with van der Waals surface area (Å²) < 4.78 is 18.8. The summed E-state index contributed by atoms with van der Waals surface area (Å²) in [6.45, 7) is 6.42. The topological polar surface area (TPSA) is 53.0 Å². The van der Waals surface area contributed by atoms with E-state index in [1.807, 2.05) is 48.2 Å². The second-order valence-corrected chi connectivity index (χ2v) is 7.71. The molecule has 0 aliphatic carbocycles. The number of nitrogens with zero attached hydrogens (tertiary/aromatic N) is 2. The van der Waals surface area contributed by atoms with Gasteiger partial charge in [0.05, 0.1) is 0 Å². The summed E-state index contributed by atoms with van der Waals surface area (Å²) in [5, 5.41) is 8.97. The van der Waals surface area contributed by atoms with E-state index in [0.29, 0.717) is 18.7 Å². The van der Waals surface area contributed by atoms with Gasteiger partial charge in [0.2, 0.25) is 0 Å². The van der Waals surface area contributed by atoms with Crippen LogP contribution in [0.1, 0.15) is 25.0 Å². The third-order valence-corrected chi connectivity index (χ3v) is 5.42. The predicted molar refractivity (Wildman–Crippen MR) is 110 cm³/mol. The molecule has 3 rings (SSSR count). The summed E-state index contributed by atoms with van der Waals surface area (Å²) in [7, 11) is 0. The largest absolute Gasteiger partial charge is 0.484 e. The number of carbonyl (C=O) groups excluding carboxylic acids is 1. The predicted octanol–water partition coefficient (Wildman–Crippen LogP) is 2.86. The molecule has 0 radical (unpaired) electrons. The van der Waals surface area contributed by atoms with Crippen molar-refractivity contribution in [1.29, 1.82) is 0 Å². The average molecular weight is 400 g/mol. The van der Waals surface area contributed by atoms with Gasteiger partial charge in [-0.2, -0.15) is 0 Å². The highest BCUT2D eigenvalue weighted by Crippen LogP contribution is 2.19. The van der Waals surface area contributed by atoms with Crippen molar-refractivity contribution in [3.63, 3.8) is 0 Å². The fourth-order valence-corrected chi connectivity index (χ4v) is 3.70. The molecule has 2 aromatic carbocycles. The number of aliphatic hydroxyl groups is 1. The number of aliphatic hydroxyl groups excluding tert-OH is 1. The molecule has 0 spiro atoms. The fraction of sp³-hybridized carbons (Fsp3) is 0.435. The maximum Gasteiger partial charge on any atom is 0.260 e. The zero-order valence-electron chi connectivity index (χ0n) is 17.1. The lowest BCUT2D eigenvalue weighted by molar-refractivity contribution is -0.139. The molecule has 156 valence electrons. The second-order valence-electron chi connectivity index (χ2n) is 7.71. The molecule has 0 saturated carbocycles. The number of hydrogen-bond donors (Lipinski definition) is 1. The van der Waals surface area contributed by atoms with Gasteiger partial charge >= 0.3 is 0 Å². The molecular formula is C23H29FN2O3. The molecule has 0 aromatic heterocycles. The van der Waals surface area contributed by atoms with Crippen LogP contribution in [0.25, 0.3) is 0 Å². The summed E-state index contributed by atoms with van der Waals surface area (Å²) in [6.07, 6.45) is 0.608. The zero-order chi connectivity index (χ0) is 20.8. The monoisotopic (exact) mass is 400 g/mol. The van der Waals surface area contributed by atoms with Crippen molar-refractivity contribution >= 4 is 5.91 Å². The Balaban J connectivity index is 1.52. The molecule has 2 unspecified atom stereocenters. The van der Waals surface area contributed by atoms with Gasteiger partial charge in [0.25, 0.3) is 5.91 Å². The Morgan fingerprint density at radius 3 is 2.34 bits per heavy atom. The highest BCUT2D eigenvalue weighted by molar-refractivity contribution is 5.78. The molecular weight excluding hydrogens is 371 g/mol. The van der Waals surface area contributed by atoms with E-state index in [4.69, 9.17) is 9.84 Å². The summed E-state index contributed by atoms with van der Waals surface area (Å²) in [5.41, 5.74) is 2.10. The first-order valence-electron chi connectivity index (χ1n) is 10.1. The number of amides is 1. The van der Waals surface area contributed by atoms with E-state index in [9.17, 15) is 9.18 Å². The Labute approximate surface area is 171 Å². The smallest absolute Gasteiger partial charge is 0.260 e. The van der Waals surface area contributed by atoms with E-state index in [1.165, 1.54) is 12.1 Å². The SMILES string of the molecule is CC1CN(C(=O)COc2ccc(CCO)cc2)C(C)CN1Cc1ccc(F)cc1. The maximum absolute atomic E-state index is 13.1. The van der Waals surface area contributed by atoms with Crippen molar-refractivity contribution in [3.8, 4) is 5.75 Å². The van der Waals surface area contributed by atoms with Gasteiger partial charge in [-0.1, -0.05) is 24.3 Å². The zero-order valence-corrected chi connectivity index (χ0v) is 17.1. The molecule has 0 bridgehead atoms. The first-order valence-corrected chi connectivity index (χ1v) is 10.1. The van der Waals surface area contributed by atoms with Crippen LogP contribution < -0.4 is 4.74 Å². The normalized spacial score (nSPS) is 19.9. The van der Waals surface area contributed by atoms with Crippen LogP contribution in [0.4, 0.5) is 4.39 Å². The highest BCUT2D eigenvalue weighted by atomic mass is 19.1. The van der Waals surface area contributed by atoms with Gasteiger partial charge in [-0.25, -0.2) is 4.39 Å². The third kappa shape index (κ3) is 5.78. The molecule has 1 aliphatic heterocycles. The van der Waals surface area contributed by atoms with Gasteiger partial charge < -0.3 is 14.7 Å². The van der Waals surface area contributed by atoms with Crippen LogP contribution in [0.3, 0.4) is 0 Å². The van der Waals surface area contributed by atoms with Crippen LogP contribution in [0.15, 0.2) is 48.5 Å². The van der Waals surface area contributed by atoms with E-state index in [0.717, 1.165) is 24.2 Å². The molecule has 2 aromatic rings. The van der Waals surface area contributed by atoms with Crippen molar-refractivity contribution in [3.05, 3.63) is 65.5 Å². The minimum atomic E-state index is -0.228. The van der Waals surface area contributed by atoms with Crippen molar-refractivity contribution < 1.29 is 19.0 Å². The van der Waals surface area contributed by atoms with Gasteiger partial charge in [-0.05, 0) is 55.7 Å². The summed E-state index contributed by atoms with van der Waals surface area (Å²) >= 11 is 0. The van der Waals surface area contributed by atoms with Crippen LogP contribution in [0.5, 0.6) is 5.75 Å². The lowest BCUT2D eigenvalue weighted by atomic mass is 10.1. The van der Waals surface area contributed by atoms with E-state index in [2.05, 4.69) is 11.8 Å². The lowest BCUT2D eigenvalue weighted by Gasteiger charge is -2.44. The van der Waals surface area contributed by atoms with Crippen LogP contribution in [-0.2, 0) is 17.8 Å². The number of carbonyl (C=O) groups is 1. The van der Waals surface area contributed by atoms with Crippen molar-refractivity contribution in [2.45, 2.75) is 38.9 Å². The Kier molecular flexibility index (Phi) is 7.23. The highest BCUT2D eigenvalue weighted by Gasteiger charge is 2.32. The van der Waals surface area contributed by atoms with Crippen LogP contribution in [0, 0.1) is 5.82 Å². The molecule has 1 amide bonds. The van der Waals surface area contributed by atoms with Crippen LogP contribution in [-0.4, -0.2) is 59.2 Å².